The maximum absolute atomic E-state index is 12.6. The van der Waals surface area contributed by atoms with Crippen LogP contribution >= 0.6 is 0 Å². The van der Waals surface area contributed by atoms with Crippen molar-refractivity contribution in [2.45, 2.75) is 34.1 Å². The van der Waals surface area contributed by atoms with Gasteiger partial charge in [0.05, 0.1) is 5.41 Å². The van der Waals surface area contributed by atoms with Crippen molar-refractivity contribution >= 4 is 11.8 Å². The first-order valence-corrected chi connectivity index (χ1v) is 8.32. The number of pyridine rings is 1. The molecule has 0 bridgehead atoms. The predicted molar refractivity (Wildman–Crippen MR) is 91.9 cm³/mol. The van der Waals surface area contributed by atoms with E-state index in [9.17, 15) is 9.59 Å². The molecule has 0 radical (unpaired) electrons. The number of carbonyl (C=O) groups excluding carboxylic acids is 2. The molecule has 1 atom stereocenters. The number of rotatable bonds is 3. The van der Waals surface area contributed by atoms with E-state index in [1.165, 1.54) is 0 Å². The van der Waals surface area contributed by atoms with Crippen LogP contribution in [0.5, 0.6) is 0 Å². The number of hydrogen-bond acceptors (Lipinski definition) is 3. The fourth-order valence-electron chi connectivity index (χ4n) is 3.53. The molecule has 2 amide bonds. The summed E-state index contributed by atoms with van der Waals surface area (Å²) in [6.45, 7) is 8.48. The minimum Gasteiger partial charge on any atom is -0.322 e. The minimum absolute atomic E-state index is 0.159. The van der Waals surface area contributed by atoms with E-state index >= 15 is 0 Å². The Hall–Kier alpha value is -2.43. The van der Waals surface area contributed by atoms with Crippen LogP contribution in [0.25, 0.3) is 0 Å². The molecule has 3 rings (SSSR count). The van der Waals surface area contributed by atoms with Gasteiger partial charge in [0.1, 0.15) is 0 Å². The first kappa shape index (κ1) is 16.4. The number of likely N-dealkylation sites (tertiary alicyclic amines) is 1. The van der Waals surface area contributed by atoms with Gasteiger partial charge in [0, 0.05) is 41.3 Å². The van der Waals surface area contributed by atoms with Gasteiger partial charge in [-0.15, -0.1) is 0 Å². The summed E-state index contributed by atoms with van der Waals surface area (Å²) in [5.74, 6) is 0.175. The first-order chi connectivity index (χ1) is 11.3. The topological polar surface area (TPSA) is 62.3 Å². The Labute approximate surface area is 142 Å². The molecule has 126 valence electrons. The van der Waals surface area contributed by atoms with Gasteiger partial charge in [-0.1, -0.05) is 19.9 Å². The molecular formula is C19H23N3O2. The lowest BCUT2D eigenvalue weighted by Crippen LogP contribution is -2.31. The predicted octanol–water partition coefficient (Wildman–Crippen LogP) is 2.80. The number of aromatic nitrogens is 1. The zero-order valence-electron chi connectivity index (χ0n) is 14.6. The van der Waals surface area contributed by atoms with Crippen molar-refractivity contribution in [2.24, 2.45) is 11.3 Å². The van der Waals surface area contributed by atoms with Gasteiger partial charge in [-0.3, -0.25) is 14.6 Å². The molecule has 1 aromatic heterocycles. The Bertz CT molecular complexity index is 762. The maximum Gasteiger partial charge on any atom is 0.255 e. The third-order valence-corrected chi connectivity index (χ3v) is 4.95. The van der Waals surface area contributed by atoms with Crippen LogP contribution < -0.4 is 5.32 Å². The summed E-state index contributed by atoms with van der Waals surface area (Å²) in [7, 11) is 0. The van der Waals surface area contributed by atoms with Crippen LogP contribution in [0.1, 0.15) is 43.2 Å². The molecule has 1 saturated heterocycles. The minimum atomic E-state index is -0.393. The molecule has 0 saturated carbocycles. The Morgan fingerprint density at radius 1 is 1.46 bits per heavy atom. The Kier molecular flexibility index (Phi) is 4.03. The number of hydrogen-bond donors (Lipinski definition) is 1. The van der Waals surface area contributed by atoms with E-state index in [2.05, 4.69) is 10.3 Å². The molecule has 0 spiro atoms. The highest BCUT2D eigenvalue weighted by molar-refractivity contribution is 5.95. The van der Waals surface area contributed by atoms with E-state index in [-0.39, 0.29) is 17.7 Å². The SMILES string of the molecule is CCN1C(=O)C(C)(C)C2CC=C(NC(=O)c3ccnc(C)c3)C=C21. The molecular weight excluding hydrogens is 302 g/mol. The quantitative estimate of drug-likeness (QED) is 0.929. The largest absolute Gasteiger partial charge is 0.322 e. The second-order valence-electron chi connectivity index (χ2n) is 6.93. The Morgan fingerprint density at radius 2 is 2.21 bits per heavy atom. The van der Waals surface area contributed by atoms with Gasteiger partial charge in [0.15, 0.2) is 0 Å². The smallest absolute Gasteiger partial charge is 0.255 e. The summed E-state index contributed by atoms with van der Waals surface area (Å²) in [6, 6.07) is 3.46. The number of aryl methyl sites for hydroxylation is 1. The zero-order chi connectivity index (χ0) is 17.5. The summed E-state index contributed by atoms with van der Waals surface area (Å²) in [4.78, 5) is 30.9. The van der Waals surface area contributed by atoms with E-state index in [1.807, 2.05) is 44.7 Å². The summed E-state index contributed by atoms with van der Waals surface area (Å²) in [5.41, 5.74) is 2.76. The summed E-state index contributed by atoms with van der Waals surface area (Å²) < 4.78 is 0. The van der Waals surface area contributed by atoms with Gasteiger partial charge in [0.25, 0.3) is 5.91 Å². The van der Waals surface area contributed by atoms with Crippen LogP contribution in [0.4, 0.5) is 0 Å². The molecule has 1 aliphatic heterocycles. The lowest BCUT2D eigenvalue weighted by Gasteiger charge is -2.26. The van der Waals surface area contributed by atoms with Crippen molar-refractivity contribution in [2.75, 3.05) is 6.54 Å². The fourth-order valence-corrected chi connectivity index (χ4v) is 3.53. The monoisotopic (exact) mass is 325 g/mol. The number of allylic oxidation sites excluding steroid dienone is 3. The van der Waals surface area contributed by atoms with Crippen molar-refractivity contribution in [3.63, 3.8) is 0 Å². The molecule has 5 heteroatoms. The van der Waals surface area contributed by atoms with Gasteiger partial charge in [0.2, 0.25) is 5.91 Å². The molecule has 24 heavy (non-hydrogen) atoms. The van der Waals surface area contributed by atoms with Crippen LogP contribution in [0.2, 0.25) is 0 Å². The molecule has 1 aromatic rings. The Morgan fingerprint density at radius 3 is 2.88 bits per heavy atom. The first-order valence-electron chi connectivity index (χ1n) is 8.32. The van der Waals surface area contributed by atoms with Gasteiger partial charge in [-0.2, -0.15) is 0 Å². The van der Waals surface area contributed by atoms with Gasteiger partial charge in [-0.25, -0.2) is 0 Å². The van der Waals surface area contributed by atoms with Gasteiger partial charge < -0.3 is 10.2 Å². The van der Waals surface area contributed by atoms with Crippen molar-refractivity contribution in [3.8, 4) is 0 Å². The van der Waals surface area contributed by atoms with Crippen molar-refractivity contribution in [1.29, 1.82) is 0 Å². The Balaban J connectivity index is 1.83. The van der Waals surface area contributed by atoms with Gasteiger partial charge >= 0.3 is 0 Å². The van der Waals surface area contributed by atoms with E-state index in [0.29, 0.717) is 12.1 Å². The fraction of sp³-hybridized carbons (Fsp3) is 0.421. The zero-order valence-corrected chi connectivity index (χ0v) is 14.6. The van der Waals surface area contributed by atoms with E-state index < -0.39 is 5.41 Å². The molecule has 2 heterocycles. The van der Waals surface area contributed by atoms with E-state index in [1.54, 1.807) is 18.3 Å². The second-order valence-corrected chi connectivity index (χ2v) is 6.93. The average Bonchev–Trinajstić information content (AvgIpc) is 2.73. The van der Waals surface area contributed by atoms with Crippen LogP contribution in [0.15, 0.2) is 41.9 Å². The molecule has 1 fully saturated rings. The summed E-state index contributed by atoms with van der Waals surface area (Å²) in [6.07, 6.45) is 6.33. The molecule has 1 aliphatic carbocycles. The van der Waals surface area contributed by atoms with Crippen molar-refractivity contribution in [3.05, 3.63) is 53.1 Å². The van der Waals surface area contributed by atoms with E-state index in [4.69, 9.17) is 0 Å². The highest BCUT2D eigenvalue weighted by atomic mass is 16.2. The molecule has 5 nitrogen and oxygen atoms in total. The van der Waals surface area contributed by atoms with Crippen LogP contribution in [0, 0.1) is 18.3 Å². The third kappa shape index (κ3) is 2.64. The average molecular weight is 325 g/mol. The number of nitrogens with one attached hydrogen (secondary N) is 1. The number of amides is 2. The van der Waals surface area contributed by atoms with E-state index in [0.717, 1.165) is 23.5 Å². The molecule has 1 unspecified atom stereocenters. The lowest BCUT2D eigenvalue weighted by atomic mass is 9.76. The summed E-state index contributed by atoms with van der Waals surface area (Å²) >= 11 is 0. The number of carbonyl (C=O) groups is 2. The second kappa shape index (κ2) is 5.89. The van der Waals surface area contributed by atoms with Crippen LogP contribution in [0.3, 0.4) is 0 Å². The van der Waals surface area contributed by atoms with Crippen molar-refractivity contribution < 1.29 is 9.59 Å². The summed E-state index contributed by atoms with van der Waals surface area (Å²) in [5, 5.41) is 2.94. The number of nitrogens with zero attached hydrogens (tertiary/aromatic N) is 2. The van der Waals surface area contributed by atoms with Gasteiger partial charge in [-0.05, 0) is 38.5 Å². The third-order valence-electron chi connectivity index (χ3n) is 4.95. The molecule has 0 aromatic carbocycles. The lowest BCUT2D eigenvalue weighted by molar-refractivity contribution is -0.134. The highest BCUT2D eigenvalue weighted by Gasteiger charge is 2.50. The standard InChI is InChI=1S/C19H23N3O2/c1-5-22-16-11-14(6-7-15(16)19(3,4)18(22)24)21-17(23)13-8-9-20-12(2)10-13/h6,8-11,15H,5,7H2,1-4H3,(H,21,23). The van der Waals surface area contributed by atoms with Crippen LogP contribution in [-0.2, 0) is 4.79 Å². The normalized spacial score (nSPS) is 21.9. The molecule has 2 aliphatic rings. The van der Waals surface area contributed by atoms with Crippen LogP contribution in [-0.4, -0.2) is 28.2 Å². The maximum atomic E-state index is 12.6. The van der Waals surface area contributed by atoms with Crippen molar-refractivity contribution in [1.82, 2.24) is 15.2 Å². The molecule has 1 N–H and O–H groups in total. The number of fused-ring (bicyclic) bond motifs is 1. The highest BCUT2D eigenvalue weighted by Crippen LogP contribution is 2.47.